The summed E-state index contributed by atoms with van der Waals surface area (Å²) in [5.41, 5.74) is 5.97. The van der Waals surface area contributed by atoms with Crippen molar-refractivity contribution in [3.05, 3.63) is 70.8 Å². The summed E-state index contributed by atoms with van der Waals surface area (Å²) in [5.74, 6) is 0. The molecule has 0 saturated carbocycles. The maximum absolute atomic E-state index is 3.70. The highest BCUT2D eigenvalue weighted by molar-refractivity contribution is 5.36. The summed E-state index contributed by atoms with van der Waals surface area (Å²) in [6, 6.07) is 18.4. The molecule has 0 fully saturated rings. The molecule has 0 bridgehead atoms. The summed E-state index contributed by atoms with van der Waals surface area (Å²) in [4.78, 5) is 0. The molecule has 1 heteroatoms. The Morgan fingerprint density at radius 3 is 2.70 bits per heavy atom. The lowest BCUT2D eigenvalue weighted by Gasteiger charge is -2.27. The first kappa shape index (κ1) is 13.4. The second kappa shape index (κ2) is 6.23. The van der Waals surface area contributed by atoms with Crippen LogP contribution in [0.25, 0.3) is 0 Å². The molecule has 2 aromatic carbocycles. The van der Waals surface area contributed by atoms with Gasteiger partial charge in [0.25, 0.3) is 0 Å². The summed E-state index contributed by atoms with van der Waals surface area (Å²) in [6.45, 7) is 3.34. The van der Waals surface area contributed by atoms with Crippen molar-refractivity contribution in [2.24, 2.45) is 0 Å². The Balaban J connectivity index is 1.75. The summed E-state index contributed by atoms with van der Waals surface area (Å²) in [5, 5.41) is 3.70. The lowest BCUT2D eigenvalue weighted by Crippen LogP contribution is -2.30. The first-order valence-electron chi connectivity index (χ1n) is 7.76. The van der Waals surface area contributed by atoms with Crippen molar-refractivity contribution in [3.63, 3.8) is 0 Å². The molecule has 1 heterocycles. The van der Waals surface area contributed by atoms with E-state index in [1.165, 1.54) is 29.5 Å². The highest BCUT2D eigenvalue weighted by Gasteiger charge is 2.19. The zero-order valence-corrected chi connectivity index (χ0v) is 12.2. The Hall–Kier alpha value is -1.60. The van der Waals surface area contributed by atoms with Crippen molar-refractivity contribution in [1.82, 2.24) is 5.32 Å². The number of hydrogen-bond donors (Lipinski definition) is 1. The summed E-state index contributed by atoms with van der Waals surface area (Å²) in [6.07, 6.45) is 4.62. The highest BCUT2D eigenvalue weighted by atomic mass is 14.9. The van der Waals surface area contributed by atoms with Crippen LogP contribution in [-0.4, -0.2) is 6.54 Å². The predicted molar refractivity (Wildman–Crippen MR) is 85.0 cm³/mol. The molecular weight excluding hydrogens is 242 g/mol. The Kier molecular flexibility index (Phi) is 4.17. The van der Waals surface area contributed by atoms with Crippen LogP contribution < -0.4 is 5.32 Å². The highest BCUT2D eigenvalue weighted by Crippen LogP contribution is 2.27. The topological polar surface area (TPSA) is 12.0 Å². The number of fused-ring (bicyclic) bond motifs is 1. The monoisotopic (exact) mass is 265 g/mol. The molecule has 1 N–H and O–H groups in total. The van der Waals surface area contributed by atoms with E-state index in [9.17, 15) is 0 Å². The van der Waals surface area contributed by atoms with Gasteiger partial charge >= 0.3 is 0 Å². The van der Waals surface area contributed by atoms with E-state index in [1.807, 2.05) is 0 Å². The molecule has 0 radical (unpaired) electrons. The largest absolute Gasteiger partial charge is 0.310 e. The molecule has 0 aliphatic carbocycles. The van der Waals surface area contributed by atoms with Crippen molar-refractivity contribution in [2.75, 3.05) is 6.54 Å². The van der Waals surface area contributed by atoms with E-state index >= 15 is 0 Å². The Morgan fingerprint density at radius 2 is 1.90 bits per heavy atom. The fraction of sp³-hybridized carbons (Fsp3) is 0.368. The number of nitrogens with one attached hydrogen (secondary N) is 1. The van der Waals surface area contributed by atoms with Gasteiger partial charge in [0.1, 0.15) is 0 Å². The predicted octanol–water partition coefficient (Wildman–Crippen LogP) is 4.07. The zero-order chi connectivity index (χ0) is 13.8. The van der Waals surface area contributed by atoms with Crippen LogP contribution in [0.4, 0.5) is 0 Å². The van der Waals surface area contributed by atoms with E-state index in [2.05, 4.69) is 60.8 Å². The lowest BCUT2D eigenvalue weighted by atomic mass is 9.89. The average molecular weight is 265 g/mol. The van der Waals surface area contributed by atoms with Gasteiger partial charge in [-0.3, -0.25) is 0 Å². The Morgan fingerprint density at radius 1 is 1.05 bits per heavy atom. The second-order valence-corrected chi connectivity index (χ2v) is 5.67. The minimum Gasteiger partial charge on any atom is -0.310 e. The molecule has 1 atom stereocenters. The van der Waals surface area contributed by atoms with Gasteiger partial charge < -0.3 is 5.32 Å². The lowest BCUT2D eigenvalue weighted by molar-refractivity contribution is 0.475. The fourth-order valence-electron chi connectivity index (χ4n) is 3.12. The molecule has 104 valence electrons. The molecule has 20 heavy (non-hydrogen) atoms. The molecule has 3 rings (SSSR count). The van der Waals surface area contributed by atoms with Crippen LogP contribution >= 0.6 is 0 Å². The van der Waals surface area contributed by atoms with E-state index in [-0.39, 0.29) is 0 Å². The molecule has 0 saturated heterocycles. The standard InChI is InChI=1S/C19H23N/c1-2-15-8-10-17-12-13-20-19(18(17)14-15)11-9-16-6-4-3-5-7-16/h3-8,10,14,19-20H,2,9,11-13H2,1H3. The molecule has 2 aromatic rings. The summed E-state index contributed by atoms with van der Waals surface area (Å²) in [7, 11) is 0. The van der Waals surface area contributed by atoms with Gasteiger partial charge in [-0.25, -0.2) is 0 Å². The SMILES string of the molecule is CCc1ccc2c(c1)C(CCc1ccccc1)NCC2. The van der Waals surface area contributed by atoms with Crippen LogP contribution in [0.15, 0.2) is 48.5 Å². The minimum absolute atomic E-state index is 0.519. The fourth-order valence-corrected chi connectivity index (χ4v) is 3.12. The van der Waals surface area contributed by atoms with E-state index in [4.69, 9.17) is 0 Å². The van der Waals surface area contributed by atoms with Crippen LogP contribution in [0.2, 0.25) is 0 Å². The average Bonchev–Trinajstić information content (AvgIpc) is 2.53. The Bertz CT molecular complexity index is 559. The van der Waals surface area contributed by atoms with Crippen LogP contribution in [0, 0.1) is 0 Å². The third-order valence-corrected chi connectivity index (χ3v) is 4.34. The molecule has 0 amide bonds. The third-order valence-electron chi connectivity index (χ3n) is 4.34. The quantitative estimate of drug-likeness (QED) is 0.878. The summed E-state index contributed by atoms with van der Waals surface area (Å²) < 4.78 is 0. The molecule has 0 aromatic heterocycles. The van der Waals surface area contributed by atoms with E-state index in [0.29, 0.717) is 6.04 Å². The number of hydrogen-bond acceptors (Lipinski definition) is 1. The summed E-state index contributed by atoms with van der Waals surface area (Å²) >= 11 is 0. The van der Waals surface area contributed by atoms with Crippen LogP contribution in [0.3, 0.4) is 0 Å². The second-order valence-electron chi connectivity index (χ2n) is 5.67. The number of rotatable bonds is 4. The van der Waals surface area contributed by atoms with Crippen molar-refractivity contribution in [1.29, 1.82) is 0 Å². The molecule has 0 spiro atoms. The van der Waals surface area contributed by atoms with Crippen LogP contribution in [-0.2, 0) is 19.3 Å². The van der Waals surface area contributed by atoms with Crippen molar-refractivity contribution in [3.8, 4) is 0 Å². The van der Waals surface area contributed by atoms with E-state index in [1.54, 1.807) is 5.56 Å². The van der Waals surface area contributed by atoms with Crippen molar-refractivity contribution in [2.45, 2.75) is 38.6 Å². The van der Waals surface area contributed by atoms with Gasteiger partial charge in [-0.05, 0) is 54.5 Å². The normalized spacial score (nSPS) is 17.8. The maximum atomic E-state index is 3.70. The van der Waals surface area contributed by atoms with Gasteiger partial charge in [-0.1, -0.05) is 55.5 Å². The van der Waals surface area contributed by atoms with E-state index < -0.39 is 0 Å². The van der Waals surface area contributed by atoms with Gasteiger partial charge in [0.05, 0.1) is 0 Å². The molecule has 1 unspecified atom stereocenters. The van der Waals surface area contributed by atoms with Gasteiger partial charge in [-0.2, -0.15) is 0 Å². The van der Waals surface area contributed by atoms with Gasteiger partial charge in [0, 0.05) is 6.04 Å². The number of benzene rings is 2. The van der Waals surface area contributed by atoms with Crippen LogP contribution in [0.5, 0.6) is 0 Å². The third kappa shape index (κ3) is 2.94. The van der Waals surface area contributed by atoms with Crippen molar-refractivity contribution >= 4 is 0 Å². The zero-order valence-electron chi connectivity index (χ0n) is 12.2. The molecule has 1 aliphatic rings. The smallest absolute Gasteiger partial charge is 0.0326 e. The molecule has 1 aliphatic heterocycles. The van der Waals surface area contributed by atoms with E-state index in [0.717, 1.165) is 19.4 Å². The number of aryl methyl sites for hydroxylation is 2. The minimum atomic E-state index is 0.519. The van der Waals surface area contributed by atoms with Gasteiger partial charge in [0.15, 0.2) is 0 Å². The maximum Gasteiger partial charge on any atom is 0.0326 e. The van der Waals surface area contributed by atoms with Crippen molar-refractivity contribution < 1.29 is 0 Å². The van der Waals surface area contributed by atoms with Gasteiger partial charge in [0.2, 0.25) is 0 Å². The Labute approximate surface area is 122 Å². The molecule has 1 nitrogen and oxygen atoms in total. The first-order chi connectivity index (χ1) is 9.86. The van der Waals surface area contributed by atoms with Crippen LogP contribution in [0.1, 0.15) is 41.6 Å². The van der Waals surface area contributed by atoms with Gasteiger partial charge in [-0.15, -0.1) is 0 Å². The molecular formula is C19H23N. The first-order valence-corrected chi connectivity index (χ1v) is 7.76.